The van der Waals surface area contributed by atoms with E-state index in [0.717, 1.165) is 17.0 Å². The van der Waals surface area contributed by atoms with Crippen LogP contribution in [0.5, 0.6) is 0 Å². The summed E-state index contributed by atoms with van der Waals surface area (Å²) in [7, 11) is 0. The summed E-state index contributed by atoms with van der Waals surface area (Å²) in [4.78, 5) is 7.82. The molecule has 0 bridgehead atoms. The monoisotopic (exact) mass is 199 g/mol. The fourth-order valence-electron chi connectivity index (χ4n) is 2.10. The molecule has 3 heteroatoms. The first-order chi connectivity index (χ1) is 7.18. The Hall–Kier alpha value is -1.77. The minimum absolute atomic E-state index is 1.01. The molecule has 0 radical (unpaired) electrons. The standard InChI is InChI=1S/C12H13N3/c1-7-6-13-12-10(7)4-5-11-14-8(2)9(3)15(11)12/h4-6,13H,1-3H3. The predicted molar refractivity (Wildman–Crippen MR) is 61.3 cm³/mol. The summed E-state index contributed by atoms with van der Waals surface area (Å²) in [6, 6.07) is 4.20. The van der Waals surface area contributed by atoms with E-state index in [9.17, 15) is 0 Å². The summed E-state index contributed by atoms with van der Waals surface area (Å²) in [5.41, 5.74) is 5.73. The third-order valence-electron chi connectivity index (χ3n) is 3.10. The fourth-order valence-corrected chi connectivity index (χ4v) is 2.10. The predicted octanol–water partition coefficient (Wildman–Crippen LogP) is 2.74. The minimum atomic E-state index is 1.01. The number of fused-ring (bicyclic) bond motifs is 3. The Bertz CT molecular complexity index is 658. The van der Waals surface area contributed by atoms with E-state index in [2.05, 4.69) is 40.3 Å². The van der Waals surface area contributed by atoms with Crippen LogP contribution in [0.25, 0.3) is 16.7 Å². The minimum Gasteiger partial charge on any atom is -0.347 e. The lowest BCUT2D eigenvalue weighted by atomic mass is 10.2. The van der Waals surface area contributed by atoms with Crippen LogP contribution in [0, 0.1) is 20.8 Å². The van der Waals surface area contributed by atoms with Crippen molar-refractivity contribution in [2.45, 2.75) is 20.8 Å². The zero-order chi connectivity index (χ0) is 10.6. The smallest absolute Gasteiger partial charge is 0.138 e. The van der Waals surface area contributed by atoms with Crippen LogP contribution >= 0.6 is 0 Å². The number of pyridine rings is 1. The average Bonchev–Trinajstić information content (AvgIpc) is 2.71. The van der Waals surface area contributed by atoms with Gasteiger partial charge < -0.3 is 4.98 Å². The Morgan fingerprint density at radius 2 is 2.00 bits per heavy atom. The summed E-state index contributed by atoms with van der Waals surface area (Å²) >= 11 is 0. The molecule has 15 heavy (non-hydrogen) atoms. The van der Waals surface area contributed by atoms with Crippen LogP contribution in [0.3, 0.4) is 0 Å². The highest BCUT2D eigenvalue weighted by Gasteiger charge is 2.09. The van der Waals surface area contributed by atoms with E-state index >= 15 is 0 Å². The summed E-state index contributed by atoms with van der Waals surface area (Å²) < 4.78 is 2.18. The van der Waals surface area contributed by atoms with Crippen LogP contribution in [0.15, 0.2) is 18.3 Å². The number of H-pyrrole nitrogens is 1. The molecule has 3 heterocycles. The molecule has 3 rings (SSSR count). The highest BCUT2D eigenvalue weighted by atomic mass is 15.1. The van der Waals surface area contributed by atoms with E-state index in [4.69, 9.17) is 0 Å². The lowest BCUT2D eigenvalue weighted by molar-refractivity contribution is 1.12. The molecule has 0 saturated heterocycles. The molecule has 3 aromatic heterocycles. The Balaban J connectivity index is 2.63. The SMILES string of the molecule is Cc1nc2ccc3c(C)c[nH]c3n2c1C. The zero-order valence-electron chi connectivity index (χ0n) is 9.13. The zero-order valence-corrected chi connectivity index (χ0v) is 9.13. The van der Waals surface area contributed by atoms with Gasteiger partial charge in [0.2, 0.25) is 0 Å². The Kier molecular flexibility index (Phi) is 1.49. The van der Waals surface area contributed by atoms with Gasteiger partial charge in [-0.2, -0.15) is 0 Å². The van der Waals surface area contributed by atoms with Crippen LogP contribution in [-0.4, -0.2) is 14.4 Å². The average molecular weight is 199 g/mol. The number of imidazole rings is 1. The van der Waals surface area contributed by atoms with E-state index in [0.29, 0.717) is 0 Å². The van der Waals surface area contributed by atoms with E-state index in [1.165, 1.54) is 16.6 Å². The van der Waals surface area contributed by atoms with Crippen LogP contribution in [0.1, 0.15) is 17.0 Å². The van der Waals surface area contributed by atoms with Crippen LogP contribution < -0.4 is 0 Å². The van der Waals surface area contributed by atoms with Gasteiger partial charge in [0.1, 0.15) is 11.3 Å². The second kappa shape index (κ2) is 2.63. The van der Waals surface area contributed by atoms with Crippen molar-refractivity contribution in [3.8, 4) is 0 Å². The Morgan fingerprint density at radius 3 is 2.80 bits per heavy atom. The second-order valence-corrected chi connectivity index (χ2v) is 4.04. The number of nitrogens with zero attached hydrogens (tertiary/aromatic N) is 2. The lowest BCUT2D eigenvalue weighted by Crippen LogP contribution is -1.90. The molecule has 0 aromatic carbocycles. The van der Waals surface area contributed by atoms with Gasteiger partial charge in [0.05, 0.1) is 5.69 Å². The summed E-state index contributed by atoms with van der Waals surface area (Å²) in [6.07, 6.45) is 2.04. The van der Waals surface area contributed by atoms with Crippen molar-refractivity contribution in [1.82, 2.24) is 14.4 Å². The molecule has 0 aliphatic carbocycles. The number of nitrogens with one attached hydrogen (secondary N) is 1. The summed E-state index contributed by atoms with van der Waals surface area (Å²) in [6.45, 7) is 6.26. The van der Waals surface area contributed by atoms with Crippen molar-refractivity contribution in [3.05, 3.63) is 35.3 Å². The van der Waals surface area contributed by atoms with Crippen molar-refractivity contribution < 1.29 is 0 Å². The van der Waals surface area contributed by atoms with Gasteiger partial charge in [0.15, 0.2) is 0 Å². The maximum atomic E-state index is 4.52. The molecular weight excluding hydrogens is 186 g/mol. The van der Waals surface area contributed by atoms with Gasteiger partial charge in [-0.1, -0.05) is 0 Å². The maximum absolute atomic E-state index is 4.52. The fraction of sp³-hybridized carbons (Fsp3) is 0.250. The van der Waals surface area contributed by atoms with Gasteiger partial charge in [-0.15, -0.1) is 0 Å². The highest BCUT2D eigenvalue weighted by molar-refractivity contribution is 5.83. The molecular formula is C12H13N3. The van der Waals surface area contributed by atoms with E-state index in [1.54, 1.807) is 0 Å². The highest BCUT2D eigenvalue weighted by Crippen LogP contribution is 2.21. The van der Waals surface area contributed by atoms with E-state index in [1.807, 2.05) is 13.1 Å². The van der Waals surface area contributed by atoms with Crippen molar-refractivity contribution in [2.75, 3.05) is 0 Å². The van der Waals surface area contributed by atoms with Gasteiger partial charge in [0.25, 0.3) is 0 Å². The molecule has 3 aromatic rings. The summed E-state index contributed by atoms with van der Waals surface area (Å²) in [5.74, 6) is 0. The number of aromatic amines is 1. The van der Waals surface area contributed by atoms with E-state index in [-0.39, 0.29) is 0 Å². The third kappa shape index (κ3) is 0.975. The molecule has 0 aliphatic heterocycles. The van der Waals surface area contributed by atoms with Gasteiger partial charge in [-0.25, -0.2) is 4.98 Å². The number of hydrogen-bond acceptors (Lipinski definition) is 1. The van der Waals surface area contributed by atoms with Gasteiger partial charge in [-0.05, 0) is 38.5 Å². The summed E-state index contributed by atoms with van der Waals surface area (Å²) in [5, 5.41) is 1.27. The topological polar surface area (TPSA) is 33.1 Å². The molecule has 0 fully saturated rings. The molecule has 0 atom stereocenters. The maximum Gasteiger partial charge on any atom is 0.138 e. The molecule has 0 aliphatic rings. The molecule has 0 amide bonds. The number of hydrogen-bond donors (Lipinski definition) is 1. The lowest BCUT2D eigenvalue weighted by Gasteiger charge is -1.99. The molecule has 0 unspecified atom stereocenters. The Morgan fingerprint density at radius 1 is 1.20 bits per heavy atom. The largest absolute Gasteiger partial charge is 0.347 e. The van der Waals surface area contributed by atoms with Gasteiger partial charge in [-0.3, -0.25) is 4.40 Å². The van der Waals surface area contributed by atoms with Crippen molar-refractivity contribution in [3.63, 3.8) is 0 Å². The normalized spacial score (nSPS) is 11.7. The Labute approximate surface area is 87.8 Å². The first-order valence-electron chi connectivity index (χ1n) is 5.11. The van der Waals surface area contributed by atoms with Crippen LogP contribution in [-0.2, 0) is 0 Å². The van der Waals surface area contributed by atoms with Gasteiger partial charge in [0, 0.05) is 17.3 Å². The molecule has 76 valence electrons. The van der Waals surface area contributed by atoms with Crippen molar-refractivity contribution in [1.29, 1.82) is 0 Å². The molecule has 0 saturated carbocycles. The third-order valence-corrected chi connectivity index (χ3v) is 3.10. The van der Waals surface area contributed by atoms with E-state index < -0.39 is 0 Å². The molecule has 3 nitrogen and oxygen atoms in total. The van der Waals surface area contributed by atoms with Crippen molar-refractivity contribution in [2.24, 2.45) is 0 Å². The molecule has 1 N–H and O–H groups in total. The quantitative estimate of drug-likeness (QED) is 0.593. The first kappa shape index (κ1) is 8.53. The van der Waals surface area contributed by atoms with Gasteiger partial charge >= 0.3 is 0 Å². The van der Waals surface area contributed by atoms with Crippen LogP contribution in [0.4, 0.5) is 0 Å². The first-order valence-corrected chi connectivity index (χ1v) is 5.11. The van der Waals surface area contributed by atoms with Crippen LogP contribution in [0.2, 0.25) is 0 Å². The second-order valence-electron chi connectivity index (χ2n) is 4.04. The number of aryl methyl sites for hydroxylation is 3. The number of aromatic nitrogens is 3. The number of rotatable bonds is 0. The van der Waals surface area contributed by atoms with Crippen molar-refractivity contribution >= 4 is 16.7 Å². The molecule has 0 spiro atoms.